The van der Waals surface area contributed by atoms with Gasteiger partial charge in [0.1, 0.15) is 12.6 Å². The van der Waals surface area contributed by atoms with Crippen molar-refractivity contribution in [2.75, 3.05) is 20.2 Å². The molecule has 1 atom stereocenters. The van der Waals surface area contributed by atoms with Crippen molar-refractivity contribution in [3.63, 3.8) is 0 Å². The number of hydrogen-bond donors (Lipinski definition) is 4. The number of carboxylic acids is 1. The molecule has 0 spiro atoms. The number of esters is 1. The van der Waals surface area contributed by atoms with E-state index in [9.17, 15) is 19.2 Å². The first-order chi connectivity index (χ1) is 8.86. The number of aliphatic carboxylic acids is 1. The number of nitrogens with two attached hydrogens (primary N) is 1. The van der Waals surface area contributed by atoms with Crippen molar-refractivity contribution >= 4 is 23.8 Å². The molecule has 0 heterocycles. The minimum atomic E-state index is -1.20. The van der Waals surface area contributed by atoms with Gasteiger partial charge in [0, 0.05) is 18.7 Å². The highest BCUT2D eigenvalue weighted by molar-refractivity contribution is 5.95. The van der Waals surface area contributed by atoms with E-state index in [1.165, 1.54) is 0 Å². The first-order valence-electron chi connectivity index (χ1n) is 5.15. The quantitative estimate of drug-likeness (QED) is 0.292. The number of methoxy groups -OCH3 is 1. The van der Waals surface area contributed by atoms with Crippen LogP contribution < -0.4 is 16.4 Å². The Labute approximate surface area is 108 Å². The van der Waals surface area contributed by atoms with Gasteiger partial charge >= 0.3 is 11.9 Å². The number of rotatable bonds is 7. The molecule has 0 radical (unpaired) electrons. The second-order valence-electron chi connectivity index (χ2n) is 3.32. The van der Waals surface area contributed by atoms with Crippen molar-refractivity contribution in [2.24, 2.45) is 5.73 Å². The molecule has 19 heavy (non-hydrogen) atoms. The summed E-state index contributed by atoms with van der Waals surface area (Å²) in [5.41, 5.74) is 5.40. The predicted octanol–water partition coefficient (Wildman–Crippen LogP) is -2.64. The molecule has 0 saturated carbocycles. The van der Waals surface area contributed by atoms with Crippen LogP contribution in [0.5, 0.6) is 0 Å². The zero-order valence-electron chi connectivity index (χ0n) is 10.2. The van der Waals surface area contributed by atoms with Crippen molar-refractivity contribution in [1.82, 2.24) is 10.6 Å². The highest BCUT2D eigenvalue weighted by Crippen LogP contribution is 1.81. The van der Waals surface area contributed by atoms with Gasteiger partial charge in [0.05, 0.1) is 7.11 Å². The Morgan fingerprint density at radius 3 is 2.42 bits per heavy atom. The Balaban J connectivity index is 4.01. The van der Waals surface area contributed by atoms with Gasteiger partial charge in [-0.2, -0.15) is 0 Å². The fourth-order valence-electron chi connectivity index (χ4n) is 0.868. The number of carbonyl (C=O) groups excluding carboxylic acids is 3. The summed E-state index contributed by atoms with van der Waals surface area (Å²) in [6.07, 6.45) is 1.83. The summed E-state index contributed by atoms with van der Waals surface area (Å²) >= 11 is 0. The van der Waals surface area contributed by atoms with Crippen molar-refractivity contribution < 1.29 is 29.0 Å². The zero-order valence-corrected chi connectivity index (χ0v) is 10.2. The Kier molecular flexibility index (Phi) is 7.54. The second-order valence-corrected chi connectivity index (χ2v) is 3.32. The minimum absolute atomic E-state index is 0.199. The average Bonchev–Trinajstić information content (AvgIpc) is 2.38. The number of carboxylic acid groups (broad SMARTS) is 1. The molecule has 0 aromatic rings. The van der Waals surface area contributed by atoms with Gasteiger partial charge in [-0.3, -0.25) is 14.4 Å². The van der Waals surface area contributed by atoms with Crippen LogP contribution in [0.1, 0.15) is 0 Å². The molecule has 0 bridgehead atoms. The maximum absolute atomic E-state index is 11.2. The fraction of sp³-hybridized carbons (Fsp3) is 0.400. The molecule has 106 valence electrons. The van der Waals surface area contributed by atoms with Gasteiger partial charge in [-0.1, -0.05) is 0 Å². The molecule has 0 fully saturated rings. The smallest absolute Gasteiger partial charge is 0.330 e. The van der Waals surface area contributed by atoms with Gasteiger partial charge in [0.15, 0.2) is 0 Å². The molecule has 2 amide bonds. The average molecular weight is 273 g/mol. The summed E-state index contributed by atoms with van der Waals surface area (Å²) < 4.78 is 4.27. The number of ether oxygens (including phenoxy) is 1. The van der Waals surface area contributed by atoms with Crippen LogP contribution >= 0.6 is 0 Å². The Hall–Kier alpha value is -2.42. The van der Waals surface area contributed by atoms with Gasteiger partial charge in [0.25, 0.3) is 0 Å². The lowest BCUT2D eigenvalue weighted by atomic mass is 10.3. The molecule has 1 unspecified atom stereocenters. The van der Waals surface area contributed by atoms with Gasteiger partial charge in [-0.05, 0) is 0 Å². The van der Waals surface area contributed by atoms with Crippen molar-refractivity contribution in [2.45, 2.75) is 6.04 Å². The van der Waals surface area contributed by atoms with Crippen LogP contribution in [-0.4, -0.2) is 55.1 Å². The van der Waals surface area contributed by atoms with E-state index < -0.39 is 36.3 Å². The molecular formula is C10H15N3O6. The molecule has 9 nitrogen and oxygen atoms in total. The summed E-state index contributed by atoms with van der Waals surface area (Å²) in [4.78, 5) is 43.3. The van der Waals surface area contributed by atoms with E-state index >= 15 is 0 Å². The second kappa shape index (κ2) is 8.64. The standard InChI is InChI=1S/C10H15N3O6/c1-19-9(17)3-2-7(14)12-4-6(11)10(18)13-5-8(15)16/h2-3,6H,4-5,11H2,1H3,(H,12,14)(H,13,18)(H,15,16)/b3-2+. The van der Waals surface area contributed by atoms with Crippen LogP contribution in [0.3, 0.4) is 0 Å². The molecule has 0 aromatic heterocycles. The first kappa shape index (κ1) is 16.6. The van der Waals surface area contributed by atoms with Crippen LogP contribution in [-0.2, 0) is 23.9 Å². The summed E-state index contributed by atoms with van der Waals surface area (Å²) in [6.45, 7) is -0.751. The third kappa shape index (κ3) is 8.32. The summed E-state index contributed by atoms with van der Waals surface area (Å²) in [7, 11) is 1.16. The van der Waals surface area contributed by atoms with Crippen LogP contribution in [0.2, 0.25) is 0 Å². The predicted molar refractivity (Wildman–Crippen MR) is 62.8 cm³/mol. The van der Waals surface area contributed by atoms with Gasteiger partial charge < -0.3 is 26.2 Å². The van der Waals surface area contributed by atoms with E-state index in [2.05, 4.69) is 15.4 Å². The molecule has 0 aliphatic heterocycles. The third-order valence-corrected chi connectivity index (χ3v) is 1.82. The van der Waals surface area contributed by atoms with Crippen molar-refractivity contribution in [3.8, 4) is 0 Å². The number of nitrogens with one attached hydrogen (secondary N) is 2. The lowest BCUT2D eigenvalue weighted by Gasteiger charge is -2.11. The largest absolute Gasteiger partial charge is 0.480 e. The summed E-state index contributed by atoms with van der Waals surface area (Å²) in [5, 5.41) is 12.7. The topological polar surface area (TPSA) is 148 Å². The Bertz CT molecular complexity index is 393. The Morgan fingerprint density at radius 1 is 1.26 bits per heavy atom. The first-order valence-corrected chi connectivity index (χ1v) is 5.15. The van der Waals surface area contributed by atoms with E-state index in [-0.39, 0.29) is 6.54 Å². The van der Waals surface area contributed by atoms with Gasteiger partial charge in [0.2, 0.25) is 11.8 Å². The SMILES string of the molecule is COC(=O)/C=C/C(=O)NCC(N)C(=O)NCC(=O)O. The molecule has 0 aliphatic carbocycles. The molecule has 0 rings (SSSR count). The molecule has 9 heteroatoms. The third-order valence-electron chi connectivity index (χ3n) is 1.82. The molecular weight excluding hydrogens is 258 g/mol. The van der Waals surface area contributed by atoms with Crippen LogP contribution in [0.4, 0.5) is 0 Å². The van der Waals surface area contributed by atoms with Crippen LogP contribution in [0, 0.1) is 0 Å². The fourth-order valence-corrected chi connectivity index (χ4v) is 0.868. The van der Waals surface area contributed by atoms with Crippen molar-refractivity contribution in [3.05, 3.63) is 12.2 Å². The Morgan fingerprint density at radius 2 is 1.89 bits per heavy atom. The monoisotopic (exact) mass is 273 g/mol. The molecule has 0 saturated heterocycles. The lowest BCUT2D eigenvalue weighted by Crippen LogP contribution is -2.48. The highest BCUT2D eigenvalue weighted by atomic mass is 16.5. The summed E-state index contributed by atoms with van der Waals surface area (Å²) in [5.74, 6) is -3.24. The van der Waals surface area contributed by atoms with E-state index in [0.29, 0.717) is 0 Å². The lowest BCUT2D eigenvalue weighted by molar-refractivity contribution is -0.138. The minimum Gasteiger partial charge on any atom is -0.480 e. The highest BCUT2D eigenvalue weighted by Gasteiger charge is 2.14. The number of amides is 2. The van der Waals surface area contributed by atoms with Crippen LogP contribution in [0.15, 0.2) is 12.2 Å². The van der Waals surface area contributed by atoms with Gasteiger partial charge in [-0.25, -0.2) is 4.79 Å². The van der Waals surface area contributed by atoms with Crippen molar-refractivity contribution in [1.29, 1.82) is 0 Å². The molecule has 5 N–H and O–H groups in total. The maximum Gasteiger partial charge on any atom is 0.330 e. The number of carbonyl (C=O) groups is 4. The van der Waals surface area contributed by atoms with E-state index in [1.807, 2.05) is 0 Å². The molecule has 0 aliphatic rings. The van der Waals surface area contributed by atoms with Gasteiger partial charge in [-0.15, -0.1) is 0 Å². The summed E-state index contributed by atoms with van der Waals surface area (Å²) in [6, 6.07) is -1.09. The maximum atomic E-state index is 11.2. The van der Waals surface area contributed by atoms with E-state index in [4.69, 9.17) is 10.8 Å². The van der Waals surface area contributed by atoms with Crippen LogP contribution in [0.25, 0.3) is 0 Å². The number of hydrogen-bond acceptors (Lipinski definition) is 6. The van der Waals surface area contributed by atoms with E-state index in [0.717, 1.165) is 19.3 Å². The van der Waals surface area contributed by atoms with E-state index in [1.54, 1.807) is 0 Å². The zero-order chi connectivity index (χ0) is 14.8. The normalized spacial score (nSPS) is 11.7. The molecule has 0 aromatic carbocycles.